The molecule has 0 amide bonds. The van der Waals surface area contributed by atoms with E-state index in [1.165, 1.54) is 53.1 Å². The molecule has 0 saturated heterocycles. The lowest BCUT2D eigenvalue weighted by Gasteiger charge is -2.07. The zero-order valence-corrected chi connectivity index (χ0v) is 13.7. The van der Waals surface area contributed by atoms with Crippen LogP contribution in [0.5, 0.6) is 0 Å². The topological polar surface area (TPSA) is 0 Å². The number of rotatable bonds is 5. The van der Waals surface area contributed by atoms with Crippen molar-refractivity contribution < 1.29 is 0 Å². The maximum atomic E-state index is 5.96. The van der Waals surface area contributed by atoms with Gasteiger partial charge in [0.1, 0.15) is 0 Å². The lowest BCUT2D eigenvalue weighted by molar-refractivity contribution is 0.718. The average Bonchev–Trinajstić information content (AvgIpc) is 2.55. The molecule has 22 heavy (non-hydrogen) atoms. The summed E-state index contributed by atoms with van der Waals surface area (Å²) in [5, 5.41) is 3.40. The van der Waals surface area contributed by atoms with Gasteiger partial charge in [0.15, 0.2) is 0 Å². The van der Waals surface area contributed by atoms with Crippen LogP contribution in [0.25, 0.3) is 21.9 Å². The second kappa shape index (κ2) is 6.98. The van der Waals surface area contributed by atoms with E-state index in [1.807, 2.05) is 12.1 Å². The summed E-state index contributed by atoms with van der Waals surface area (Å²) in [5.74, 6) is 0. The highest BCUT2D eigenvalue weighted by atomic mass is 35.5. The third-order valence-corrected chi connectivity index (χ3v) is 4.40. The van der Waals surface area contributed by atoms with Gasteiger partial charge in [-0.1, -0.05) is 73.8 Å². The first-order valence-corrected chi connectivity index (χ1v) is 8.43. The molecule has 3 rings (SSSR count). The van der Waals surface area contributed by atoms with Crippen molar-refractivity contribution in [1.82, 2.24) is 0 Å². The average molecular weight is 309 g/mol. The molecule has 0 aromatic heterocycles. The van der Waals surface area contributed by atoms with E-state index >= 15 is 0 Å². The van der Waals surface area contributed by atoms with E-state index in [0.29, 0.717) is 0 Å². The van der Waals surface area contributed by atoms with E-state index < -0.39 is 0 Å². The number of halogens is 1. The fourth-order valence-corrected chi connectivity index (χ4v) is 2.98. The minimum atomic E-state index is 0.779. The summed E-state index contributed by atoms with van der Waals surface area (Å²) in [7, 11) is 0. The first-order valence-electron chi connectivity index (χ1n) is 8.05. The van der Waals surface area contributed by atoms with Gasteiger partial charge in [0.05, 0.1) is 0 Å². The third-order valence-electron chi connectivity index (χ3n) is 4.15. The van der Waals surface area contributed by atoms with Crippen molar-refractivity contribution in [1.29, 1.82) is 0 Å². The highest BCUT2D eigenvalue weighted by molar-refractivity contribution is 6.30. The van der Waals surface area contributed by atoms with Crippen molar-refractivity contribution in [2.45, 2.75) is 32.6 Å². The van der Waals surface area contributed by atoms with Gasteiger partial charge < -0.3 is 0 Å². The lowest BCUT2D eigenvalue weighted by atomic mass is 9.98. The van der Waals surface area contributed by atoms with Crippen LogP contribution >= 0.6 is 11.6 Å². The molecule has 0 aliphatic rings. The second-order valence-corrected chi connectivity index (χ2v) is 6.30. The largest absolute Gasteiger partial charge is 0.0843 e. The monoisotopic (exact) mass is 308 g/mol. The zero-order chi connectivity index (χ0) is 15.4. The minimum absolute atomic E-state index is 0.779. The van der Waals surface area contributed by atoms with Crippen LogP contribution in [0.1, 0.15) is 31.7 Å². The summed E-state index contributed by atoms with van der Waals surface area (Å²) in [6.45, 7) is 2.25. The smallest absolute Gasteiger partial charge is 0.0406 e. The Kier molecular flexibility index (Phi) is 4.80. The Morgan fingerprint density at radius 3 is 2.18 bits per heavy atom. The fraction of sp³-hybridized carbons (Fsp3) is 0.238. The van der Waals surface area contributed by atoms with Gasteiger partial charge in [0, 0.05) is 5.02 Å². The standard InChI is InChI=1S/C21H21Cl/c1-2-3-4-5-16-6-7-20-15-19(9-8-18(20)14-16)17-10-12-21(22)13-11-17/h6-15H,2-5H2,1H3. The molecular weight excluding hydrogens is 288 g/mol. The van der Waals surface area contributed by atoms with Crippen LogP contribution in [0.4, 0.5) is 0 Å². The quantitative estimate of drug-likeness (QED) is 0.450. The second-order valence-electron chi connectivity index (χ2n) is 5.86. The van der Waals surface area contributed by atoms with E-state index in [-0.39, 0.29) is 0 Å². The Morgan fingerprint density at radius 2 is 1.41 bits per heavy atom. The molecule has 0 nitrogen and oxygen atoms in total. The molecule has 0 unspecified atom stereocenters. The van der Waals surface area contributed by atoms with Crippen LogP contribution in [0.15, 0.2) is 60.7 Å². The van der Waals surface area contributed by atoms with E-state index in [1.54, 1.807) is 0 Å². The summed E-state index contributed by atoms with van der Waals surface area (Å²) in [4.78, 5) is 0. The van der Waals surface area contributed by atoms with Gasteiger partial charge in [-0.2, -0.15) is 0 Å². The normalized spacial score (nSPS) is 11.0. The Hall–Kier alpha value is -1.79. The first-order chi connectivity index (χ1) is 10.8. The molecule has 0 saturated carbocycles. The first kappa shape index (κ1) is 15.1. The molecule has 0 fully saturated rings. The van der Waals surface area contributed by atoms with Crippen LogP contribution in [-0.2, 0) is 6.42 Å². The molecule has 0 aliphatic heterocycles. The molecule has 0 spiro atoms. The molecule has 0 bridgehead atoms. The molecule has 0 N–H and O–H groups in total. The Balaban J connectivity index is 1.87. The van der Waals surface area contributed by atoms with Gasteiger partial charge in [-0.3, -0.25) is 0 Å². The van der Waals surface area contributed by atoms with Crippen LogP contribution in [0, 0.1) is 0 Å². The number of benzene rings is 3. The lowest BCUT2D eigenvalue weighted by Crippen LogP contribution is -1.86. The van der Waals surface area contributed by atoms with E-state index in [0.717, 1.165) is 5.02 Å². The Labute approximate surface area is 137 Å². The third kappa shape index (κ3) is 3.51. The van der Waals surface area contributed by atoms with Gasteiger partial charge in [0.2, 0.25) is 0 Å². The van der Waals surface area contributed by atoms with E-state index in [2.05, 4.69) is 55.5 Å². The summed E-state index contributed by atoms with van der Waals surface area (Å²) >= 11 is 5.96. The SMILES string of the molecule is CCCCCc1ccc2cc(-c3ccc(Cl)cc3)ccc2c1. The summed E-state index contributed by atoms with van der Waals surface area (Å²) < 4.78 is 0. The number of hydrogen-bond acceptors (Lipinski definition) is 0. The predicted molar refractivity (Wildman–Crippen MR) is 97.6 cm³/mol. The van der Waals surface area contributed by atoms with Crippen molar-refractivity contribution in [2.24, 2.45) is 0 Å². The van der Waals surface area contributed by atoms with Gasteiger partial charge >= 0.3 is 0 Å². The Morgan fingerprint density at radius 1 is 0.727 bits per heavy atom. The van der Waals surface area contributed by atoms with Gasteiger partial charge in [-0.05, 0) is 58.5 Å². The predicted octanol–water partition coefficient (Wildman–Crippen LogP) is 6.89. The molecule has 1 heteroatoms. The summed E-state index contributed by atoms with van der Waals surface area (Å²) in [6.07, 6.45) is 5.05. The molecular formula is C21H21Cl. The van der Waals surface area contributed by atoms with Gasteiger partial charge in [-0.15, -0.1) is 0 Å². The Bertz CT molecular complexity index is 756. The van der Waals surface area contributed by atoms with E-state index in [4.69, 9.17) is 11.6 Å². The highest BCUT2D eigenvalue weighted by Gasteiger charge is 2.01. The maximum absolute atomic E-state index is 5.96. The molecule has 3 aromatic rings. The van der Waals surface area contributed by atoms with Crippen molar-refractivity contribution >= 4 is 22.4 Å². The molecule has 0 aliphatic carbocycles. The molecule has 0 atom stereocenters. The van der Waals surface area contributed by atoms with Crippen molar-refractivity contribution in [3.63, 3.8) is 0 Å². The molecule has 112 valence electrons. The fourth-order valence-electron chi connectivity index (χ4n) is 2.85. The highest BCUT2D eigenvalue weighted by Crippen LogP contribution is 2.26. The van der Waals surface area contributed by atoms with Crippen molar-refractivity contribution in [3.05, 3.63) is 71.2 Å². The van der Waals surface area contributed by atoms with Crippen LogP contribution in [-0.4, -0.2) is 0 Å². The van der Waals surface area contributed by atoms with Crippen LogP contribution in [0.3, 0.4) is 0 Å². The summed E-state index contributed by atoms with van der Waals surface area (Å²) in [5.41, 5.74) is 3.89. The zero-order valence-electron chi connectivity index (χ0n) is 13.0. The van der Waals surface area contributed by atoms with Gasteiger partial charge in [-0.25, -0.2) is 0 Å². The number of fused-ring (bicyclic) bond motifs is 1. The minimum Gasteiger partial charge on any atom is -0.0843 e. The molecule has 0 radical (unpaired) electrons. The maximum Gasteiger partial charge on any atom is 0.0406 e. The van der Waals surface area contributed by atoms with Crippen molar-refractivity contribution in [2.75, 3.05) is 0 Å². The van der Waals surface area contributed by atoms with Crippen molar-refractivity contribution in [3.8, 4) is 11.1 Å². The molecule has 3 aromatic carbocycles. The van der Waals surface area contributed by atoms with Crippen LogP contribution in [0.2, 0.25) is 5.02 Å². The van der Waals surface area contributed by atoms with E-state index in [9.17, 15) is 0 Å². The van der Waals surface area contributed by atoms with Crippen LogP contribution < -0.4 is 0 Å². The number of hydrogen-bond donors (Lipinski definition) is 0. The number of unbranched alkanes of at least 4 members (excludes halogenated alkanes) is 2. The summed E-state index contributed by atoms with van der Waals surface area (Å²) in [6, 6.07) is 21.6. The molecule has 0 heterocycles. The number of aryl methyl sites for hydroxylation is 1. The van der Waals surface area contributed by atoms with Gasteiger partial charge in [0.25, 0.3) is 0 Å².